The number of ether oxygens (including phenoxy) is 2. The van der Waals surface area contributed by atoms with Gasteiger partial charge in [0.1, 0.15) is 18.1 Å². The summed E-state index contributed by atoms with van der Waals surface area (Å²) in [5.41, 5.74) is 0.870. The molecule has 0 spiro atoms. The van der Waals surface area contributed by atoms with Gasteiger partial charge in [0.25, 0.3) is 5.91 Å². The zero-order chi connectivity index (χ0) is 23.5. The molecule has 7 nitrogen and oxygen atoms in total. The van der Waals surface area contributed by atoms with Crippen molar-refractivity contribution in [2.45, 2.75) is 38.8 Å². The molecule has 1 aliphatic rings. The fraction of sp³-hybridized carbons (Fsp3) is 0.333. The molecule has 1 heterocycles. The van der Waals surface area contributed by atoms with Crippen LogP contribution in [0.2, 0.25) is 0 Å². The molecule has 0 aromatic heterocycles. The van der Waals surface area contributed by atoms with Crippen LogP contribution in [-0.2, 0) is 17.7 Å². The molecule has 168 valence electrons. The van der Waals surface area contributed by atoms with E-state index >= 15 is 0 Å². The van der Waals surface area contributed by atoms with Crippen LogP contribution < -0.4 is 20.3 Å². The monoisotopic (exact) mass is 448 g/mol. The maximum absolute atomic E-state index is 12.5. The van der Waals surface area contributed by atoms with Crippen LogP contribution in [0.3, 0.4) is 0 Å². The number of hydrogen-bond acceptors (Lipinski definition) is 6. The maximum Gasteiger partial charge on any atom is 0.573 e. The molecule has 0 fully saturated rings. The smallest absolute Gasteiger partial charge is 0.490 e. The van der Waals surface area contributed by atoms with Gasteiger partial charge in [0, 0.05) is 5.56 Å². The van der Waals surface area contributed by atoms with Gasteiger partial charge in [-0.2, -0.15) is 5.26 Å². The second-order valence-electron chi connectivity index (χ2n) is 7.39. The van der Waals surface area contributed by atoms with Crippen molar-refractivity contribution in [2.75, 3.05) is 6.61 Å². The molecule has 2 aromatic carbocycles. The van der Waals surface area contributed by atoms with Gasteiger partial charge >= 0.3 is 13.5 Å². The standard InChI is InChI=1S/C21H20BF3N2O5/c1-3-16-17(9-6-14-10-31-22(29)18(14)16)30-12-20(2,11-26)27-19(28)13-4-7-15(8-5-13)32-21(23,24)25/h4-9,29H,3,10,12H2,1-2H3,(H,27,28)/t20-/m1/s1. The summed E-state index contributed by atoms with van der Waals surface area (Å²) in [6, 6.07) is 9.81. The summed E-state index contributed by atoms with van der Waals surface area (Å²) in [6.45, 7) is 3.45. The first-order chi connectivity index (χ1) is 15.0. The van der Waals surface area contributed by atoms with Crippen molar-refractivity contribution in [1.29, 1.82) is 5.26 Å². The van der Waals surface area contributed by atoms with Gasteiger partial charge in [0.05, 0.1) is 12.7 Å². The van der Waals surface area contributed by atoms with E-state index in [1.807, 2.05) is 13.0 Å². The Balaban J connectivity index is 1.69. The molecule has 32 heavy (non-hydrogen) atoms. The molecular formula is C21H20BF3N2O5. The van der Waals surface area contributed by atoms with Crippen LogP contribution in [0.4, 0.5) is 13.2 Å². The minimum atomic E-state index is -4.84. The Labute approximate surface area is 182 Å². The first-order valence-corrected chi connectivity index (χ1v) is 9.72. The maximum atomic E-state index is 12.5. The zero-order valence-electron chi connectivity index (χ0n) is 17.3. The summed E-state index contributed by atoms with van der Waals surface area (Å²) in [7, 11) is -1.05. The number of fused-ring (bicyclic) bond motifs is 1. The molecule has 3 rings (SSSR count). The van der Waals surface area contributed by atoms with Gasteiger partial charge < -0.3 is 24.5 Å². The van der Waals surface area contributed by atoms with E-state index in [9.17, 15) is 28.3 Å². The third kappa shape index (κ3) is 5.33. The van der Waals surface area contributed by atoms with Crippen molar-refractivity contribution in [3.63, 3.8) is 0 Å². The van der Waals surface area contributed by atoms with E-state index < -0.39 is 30.7 Å². The van der Waals surface area contributed by atoms with E-state index in [0.717, 1.165) is 35.4 Å². The second kappa shape index (κ2) is 9.10. The molecule has 1 atom stereocenters. The van der Waals surface area contributed by atoms with Gasteiger partial charge in [-0.05, 0) is 60.3 Å². The second-order valence-corrected chi connectivity index (χ2v) is 7.39. The van der Waals surface area contributed by atoms with Crippen LogP contribution in [0.25, 0.3) is 0 Å². The van der Waals surface area contributed by atoms with Crippen LogP contribution in [0.15, 0.2) is 36.4 Å². The first-order valence-electron chi connectivity index (χ1n) is 9.72. The number of benzene rings is 2. The third-order valence-electron chi connectivity index (χ3n) is 4.90. The van der Waals surface area contributed by atoms with Crippen LogP contribution in [0.1, 0.15) is 35.3 Å². The van der Waals surface area contributed by atoms with Gasteiger partial charge in [-0.3, -0.25) is 4.79 Å². The fourth-order valence-electron chi connectivity index (χ4n) is 3.33. The van der Waals surface area contributed by atoms with E-state index in [0.29, 0.717) is 24.2 Å². The van der Waals surface area contributed by atoms with E-state index in [-0.39, 0.29) is 12.2 Å². The molecule has 0 bridgehead atoms. The van der Waals surface area contributed by atoms with E-state index in [1.54, 1.807) is 12.1 Å². The highest BCUT2D eigenvalue weighted by atomic mass is 19.4. The summed E-state index contributed by atoms with van der Waals surface area (Å²) in [5.74, 6) is -0.667. The molecule has 2 aromatic rings. The number of nitrogens with zero attached hydrogens (tertiary/aromatic N) is 1. The lowest BCUT2D eigenvalue weighted by Crippen LogP contribution is -2.49. The summed E-state index contributed by atoms with van der Waals surface area (Å²) >= 11 is 0. The topological polar surface area (TPSA) is 101 Å². The zero-order valence-corrected chi connectivity index (χ0v) is 17.3. The summed E-state index contributed by atoms with van der Waals surface area (Å²) < 4.78 is 51.6. The number of nitriles is 1. The average molecular weight is 448 g/mol. The van der Waals surface area contributed by atoms with E-state index in [2.05, 4.69) is 10.1 Å². The lowest BCUT2D eigenvalue weighted by Gasteiger charge is -2.25. The van der Waals surface area contributed by atoms with Crippen molar-refractivity contribution in [1.82, 2.24) is 5.32 Å². The minimum absolute atomic E-state index is 0.0491. The van der Waals surface area contributed by atoms with Gasteiger partial charge in [-0.15, -0.1) is 13.2 Å². The van der Waals surface area contributed by atoms with E-state index in [1.165, 1.54) is 6.92 Å². The highest BCUT2D eigenvalue weighted by molar-refractivity contribution is 6.62. The number of rotatable bonds is 7. The fourth-order valence-corrected chi connectivity index (χ4v) is 3.33. The van der Waals surface area contributed by atoms with Crippen LogP contribution in [0, 0.1) is 11.3 Å². The number of nitrogens with one attached hydrogen (secondary N) is 1. The molecule has 0 saturated carbocycles. The first kappa shape index (κ1) is 23.4. The Morgan fingerprint density at radius 1 is 1.28 bits per heavy atom. The number of carbonyl (C=O) groups excluding carboxylic acids is 1. The number of amides is 1. The molecule has 0 saturated heterocycles. The Morgan fingerprint density at radius 3 is 2.56 bits per heavy atom. The molecule has 2 N–H and O–H groups in total. The third-order valence-corrected chi connectivity index (χ3v) is 4.90. The number of alkyl halides is 3. The van der Waals surface area contributed by atoms with Crippen LogP contribution in [0.5, 0.6) is 11.5 Å². The number of hydrogen-bond donors (Lipinski definition) is 2. The van der Waals surface area contributed by atoms with Crippen LogP contribution >= 0.6 is 0 Å². The quantitative estimate of drug-likeness (QED) is 0.632. The van der Waals surface area contributed by atoms with Crippen molar-refractivity contribution in [2.24, 2.45) is 0 Å². The SMILES string of the molecule is CCc1c(OC[C@@](C)(C#N)NC(=O)c2ccc(OC(F)(F)F)cc2)ccc2c1B(O)OC2. The molecule has 0 aliphatic carbocycles. The van der Waals surface area contributed by atoms with Crippen molar-refractivity contribution in [3.8, 4) is 17.6 Å². The lowest BCUT2D eigenvalue weighted by molar-refractivity contribution is -0.274. The summed E-state index contributed by atoms with van der Waals surface area (Å²) in [6.07, 6.45) is -4.28. The summed E-state index contributed by atoms with van der Waals surface area (Å²) in [5, 5.41) is 22.2. The van der Waals surface area contributed by atoms with Gasteiger partial charge in [-0.1, -0.05) is 13.0 Å². The Kier molecular flexibility index (Phi) is 6.67. The molecule has 0 unspecified atom stereocenters. The van der Waals surface area contributed by atoms with E-state index in [4.69, 9.17) is 9.39 Å². The normalized spacial score (nSPS) is 14.8. The average Bonchev–Trinajstić information content (AvgIpc) is 3.12. The lowest BCUT2D eigenvalue weighted by atomic mass is 9.75. The highest BCUT2D eigenvalue weighted by Gasteiger charge is 2.33. The van der Waals surface area contributed by atoms with Gasteiger partial charge in [-0.25, -0.2) is 0 Å². The molecular weight excluding hydrogens is 428 g/mol. The van der Waals surface area contributed by atoms with Crippen molar-refractivity contribution >= 4 is 18.5 Å². The molecule has 1 aliphatic heterocycles. The molecule has 0 radical (unpaired) electrons. The van der Waals surface area contributed by atoms with Crippen LogP contribution in [-0.4, -0.2) is 36.6 Å². The molecule has 11 heteroatoms. The number of carbonyl (C=O) groups is 1. The number of halogens is 3. The highest BCUT2D eigenvalue weighted by Crippen LogP contribution is 2.25. The Bertz CT molecular complexity index is 1040. The minimum Gasteiger partial charge on any atom is -0.490 e. The largest absolute Gasteiger partial charge is 0.573 e. The Morgan fingerprint density at radius 2 is 1.97 bits per heavy atom. The predicted molar refractivity (Wildman–Crippen MR) is 108 cm³/mol. The predicted octanol–water partition coefficient (Wildman–Crippen LogP) is 2.46. The van der Waals surface area contributed by atoms with Crippen molar-refractivity contribution in [3.05, 3.63) is 53.1 Å². The Hall–Kier alpha value is -3.23. The van der Waals surface area contributed by atoms with Crippen molar-refractivity contribution < 1.29 is 37.1 Å². The molecule has 1 amide bonds. The van der Waals surface area contributed by atoms with Gasteiger partial charge in [0.15, 0.2) is 5.54 Å². The van der Waals surface area contributed by atoms with Gasteiger partial charge in [0.2, 0.25) is 0 Å². The summed E-state index contributed by atoms with van der Waals surface area (Å²) in [4.78, 5) is 12.5.